The van der Waals surface area contributed by atoms with Crippen molar-refractivity contribution in [2.75, 3.05) is 7.05 Å². The second-order valence-corrected chi connectivity index (χ2v) is 5.87. The topological polar surface area (TPSA) is 36.1 Å². The third-order valence-corrected chi connectivity index (χ3v) is 4.33. The van der Waals surface area contributed by atoms with Crippen LogP contribution in [0.4, 0.5) is 0 Å². The molecule has 0 spiro atoms. The Morgan fingerprint density at radius 2 is 2.00 bits per heavy atom. The standard InChI is InChI=1S/C14H21N3/c1-14(2)8-10-12(16-17-13(10)15-3)9-6-4-5-7-11(9)14/h4-7,10,12-13,15-17H,8H2,1-3H3. The Labute approximate surface area is 103 Å². The number of hydrogen-bond acceptors (Lipinski definition) is 3. The summed E-state index contributed by atoms with van der Waals surface area (Å²) in [6.45, 7) is 4.71. The van der Waals surface area contributed by atoms with Gasteiger partial charge in [0, 0.05) is 5.92 Å². The van der Waals surface area contributed by atoms with E-state index in [1.165, 1.54) is 17.5 Å². The van der Waals surface area contributed by atoms with Crippen molar-refractivity contribution in [2.24, 2.45) is 5.92 Å². The van der Waals surface area contributed by atoms with E-state index < -0.39 is 0 Å². The van der Waals surface area contributed by atoms with Gasteiger partial charge in [0.2, 0.25) is 0 Å². The molecule has 3 atom stereocenters. The lowest BCUT2D eigenvalue weighted by atomic mass is 9.66. The van der Waals surface area contributed by atoms with E-state index in [9.17, 15) is 0 Å². The summed E-state index contributed by atoms with van der Waals surface area (Å²) in [6.07, 6.45) is 1.58. The molecule has 1 aliphatic carbocycles. The van der Waals surface area contributed by atoms with Gasteiger partial charge >= 0.3 is 0 Å². The third-order valence-electron chi connectivity index (χ3n) is 4.33. The van der Waals surface area contributed by atoms with Gasteiger partial charge in [0.15, 0.2) is 0 Å². The molecule has 0 amide bonds. The highest BCUT2D eigenvalue weighted by atomic mass is 15.5. The fourth-order valence-electron chi connectivity index (χ4n) is 3.50. The lowest BCUT2D eigenvalue weighted by molar-refractivity contribution is 0.264. The summed E-state index contributed by atoms with van der Waals surface area (Å²) in [6, 6.07) is 9.28. The molecule has 3 N–H and O–H groups in total. The average molecular weight is 231 g/mol. The van der Waals surface area contributed by atoms with Gasteiger partial charge in [0.1, 0.15) is 0 Å². The van der Waals surface area contributed by atoms with Crippen molar-refractivity contribution >= 4 is 0 Å². The maximum absolute atomic E-state index is 3.44. The van der Waals surface area contributed by atoms with Gasteiger partial charge < -0.3 is 5.32 Å². The molecule has 92 valence electrons. The van der Waals surface area contributed by atoms with Crippen molar-refractivity contribution in [3.8, 4) is 0 Å². The van der Waals surface area contributed by atoms with Gasteiger partial charge in [-0.15, -0.1) is 0 Å². The maximum atomic E-state index is 3.44. The van der Waals surface area contributed by atoms with Gasteiger partial charge in [-0.3, -0.25) is 0 Å². The summed E-state index contributed by atoms with van der Waals surface area (Å²) in [5.74, 6) is 0.616. The van der Waals surface area contributed by atoms with Crippen LogP contribution in [0.3, 0.4) is 0 Å². The van der Waals surface area contributed by atoms with Gasteiger partial charge in [-0.05, 0) is 30.0 Å². The van der Waals surface area contributed by atoms with Gasteiger partial charge in [-0.2, -0.15) is 0 Å². The minimum atomic E-state index is 0.264. The second kappa shape index (κ2) is 3.80. The summed E-state index contributed by atoms with van der Waals surface area (Å²) < 4.78 is 0. The Kier molecular flexibility index (Phi) is 2.51. The van der Waals surface area contributed by atoms with Crippen LogP contribution in [0.2, 0.25) is 0 Å². The zero-order valence-corrected chi connectivity index (χ0v) is 10.7. The van der Waals surface area contributed by atoms with Crippen LogP contribution in [-0.4, -0.2) is 13.2 Å². The highest BCUT2D eigenvalue weighted by Crippen LogP contribution is 2.46. The predicted molar refractivity (Wildman–Crippen MR) is 69.4 cm³/mol. The van der Waals surface area contributed by atoms with E-state index in [2.05, 4.69) is 54.3 Å². The van der Waals surface area contributed by atoms with E-state index >= 15 is 0 Å². The molecule has 2 aliphatic rings. The van der Waals surface area contributed by atoms with E-state index in [0.29, 0.717) is 18.1 Å². The lowest BCUT2D eigenvalue weighted by Crippen LogP contribution is -2.43. The van der Waals surface area contributed by atoms with Crippen LogP contribution in [0.1, 0.15) is 37.4 Å². The van der Waals surface area contributed by atoms with E-state index in [-0.39, 0.29) is 5.41 Å². The Morgan fingerprint density at radius 3 is 2.76 bits per heavy atom. The Hall–Kier alpha value is -0.900. The van der Waals surface area contributed by atoms with Crippen LogP contribution in [-0.2, 0) is 5.41 Å². The van der Waals surface area contributed by atoms with E-state index in [1.807, 2.05) is 7.05 Å². The molecule has 0 saturated carbocycles. The minimum absolute atomic E-state index is 0.264. The summed E-state index contributed by atoms with van der Waals surface area (Å²) in [7, 11) is 2.02. The smallest absolute Gasteiger partial charge is 0.0749 e. The van der Waals surface area contributed by atoms with Crippen molar-refractivity contribution < 1.29 is 0 Å². The zero-order valence-electron chi connectivity index (χ0n) is 10.7. The first kappa shape index (κ1) is 11.2. The van der Waals surface area contributed by atoms with Crippen LogP contribution in [0.25, 0.3) is 0 Å². The molecular formula is C14H21N3. The van der Waals surface area contributed by atoms with Crippen LogP contribution < -0.4 is 16.2 Å². The number of rotatable bonds is 1. The van der Waals surface area contributed by atoms with Gasteiger partial charge in [0.05, 0.1) is 12.2 Å². The molecule has 1 heterocycles. The van der Waals surface area contributed by atoms with E-state index in [0.717, 1.165) is 0 Å². The SMILES string of the molecule is CNC1NNC2c3ccccc3C(C)(C)CC12. The van der Waals surface area contributed by atoms with Crippen molar-refractivity contribution in [1.82, 2.24) is 16.2 Å². The fourth-order valence-corrected chi connectivity index (χ4v) is 3.50. The first-order chi connectivity index (χ1) is 8.13. The Morgan fingerprint density at radius 1 is 1.24 bits per heavy atom. The maximum Gasteiger partial charge on any atom is 0.0749 e. The normalized spacial score (nSPS) is 34.2. The molecule has 17 heavy (non-hydrogen) atoms. The monoisotopic (exact) mass is 231 g/mol. The quantitative estimate of drug-likeness (QED) is 0.688. The minimum Gasteiger partial charge on any atom is -0.304 e. The van der Waals surface area contributed by atoms with E-state index in [1.54, 1.807) is 0 Å². The number of nitrogens with one attached hydrogen (secondary N) is 3. The molecule has 1 aromatic rings. The van der Waals surface area contributed by atoms with Crippen molar-refractivity contribution in [3.05, 3.63) is 35.4 Å². The molecule has 0 aromatic heterocycles. The van der Waals surface area contributed by atoms with Crippen molar-refractivity contribution in [3.63, 3.8) is 0 Å². The third kappa shape index (κ3) is 1.61. The molecule has 1 aromatic carbocycles. The molecular weight excluding hydrogens is 210 g/mol. The van der Waals surface area contributed by atoms with Crippen LogP contribution in [0.5, 0.6) is 0 Å². The number of fused-ring (bicyclic) bond motifs is 3. The lowest BCUT2D eigenvalue weighted by Gasteiger charge is -2.40. The van der Waals surface area contributed by atoms with E-state index in [4.69, 9.17) is 0 Å². The summed E-state index contributed by atoms with van der Waals surface area (Å²) in [5.41, 5.74) is 10.0. The largest absolute Gasteiger partial charge is 0.304 e. The number of benzene rings is 1. The van der Waals surface area contributed by atoms with Crippen LogP contribution in [0.15, 0.2) is 24.3 Å². The van der Waals surface area contributed by atoms with Crippen molar-refractivity contribution in [2.45, 2.75) is 37.9 Å². The molecule has 1 aliphatic heterocycles. The van der Waals surface area contributed by atoms with Crippen LogP contribution in [0, 0.1) is 5.92 Å². The molecule has 0 bridgehead atoms. The average Bonchev–Trinajstić information content (AvgIpc) is 2.71. The Balaban J connectivity index is 2.07. The van der Waals surface area contributed by atoms with Crippen molar-refractivity contribution in [1.29, 1.82) is 0 Å². The first-order valence-corrected chi connectivity index (χ1v) is 6.41. The molecule has 3 heteroatoms. The van der Waals surface area contributed by atoms with Gasteiger partial charge in [0.25, 0.3) is 0 Å². The number of hydrogen-bond donors (Lipinski definition) is 3. The van der Waals surface area contributed by atoms with Gasteiger partial charge in [-0.25, -0.2) is 10.9 Å². The number of hydrazine groups is 1. The second-order valence-electron chi connectivity index (χ2n) is 5.87. The summed E-state index contributed by atoms with van der Waals surface area (Å²) >= 11 is 0. The van der Waals surface area contributed by atoms with Gasteiger partial charge in [-0.1, -0.05) is 38.1 Å². The first-order valence-electron chi connectivity index (χ1n) is 6.41. The molecule has 1 fully saturated rings. The molecule has 3 nitrogen and oxygen atoms in total. The fraction of sp³-hybridized carbons (Fsp3) is 0.571. The predicted octanol–water partition coefficient (Wildman–Crippen LogP) is 1.68. The molecule has 0 radical (unpaired) electrons. The zero-order chi connectivity index (χ0) is 12.0. The van der Waals surface area contributed by atoms with Crippen LogP contribution >= 0.6 is 0 Å². The molecule has 1 saturated heterocycles. The molecule has 3 rings (SSSR count). The Bertz CT molecular complexity index is 427. The highest BCUT2D eigenvalue weighted by molar-refractivity contribution is 5.39. The molecule has 3 unspecified atom stereocenters. The summed E-state index contributed by atoms with van der Waals surface area (Å²) in [4.78, 5) is 0. The highest BCUT2D eigenvalue weighted by Gasteiger charge is 2.45. The summed E-state index contributed by atoms with van der Waals surface area (Å²) in [5, 5.41) is 3.36.